The molecule has 3 aliphatic heterocycles. The summed E-state index contributed by atoms with van der Waals surface area (Å²) < 4.78 is 0. The number of hydrogen-bond acceptors (Lipinski definition) is 4. The van der Waals surface area contributed by atoms with Crippen LogP contribution in [-0.2, 0) is 16.0 Å². The number of halogens is 1. The van der Waals surface area contributed by atoms with Crippen LogP contribution in [0.3, 0.4) is 0 Å². The van der Waals surface area contributed by atoms with Crippen LogP contribution in [0.4, 0.5) is 4.79 Å². The summed E-state index contributed by atoms with van der Waals surface area (Å²) in [6, 6.07) is 6.98. The maximum atomic E-state index is 13.3. The number of rotatable bonds is 6. The predicted molar refractivity (Wildman–Crippen MR) is 119 cm³/mol. The third kappa shape index (κ3) is 4.58. The molecule has 3 saturated heterocycles. The third-order valence-electron chi connectivity index (χ3n) is 6.86. The first-order valence-electron chi connectivity index (χ1n) is 11.3. The van der Waals surface area contributed by atoms with Gasteiger partial charge in [0.25, 0.3) is 5.91 Å². The molecule has 0 bridgehead atoms. The van der Waals surface area contributed by atoms with Crippen LogP contribution in [0, 0.1) is 0 Å². The summed E-state index contributed by atoms with van der Waals surface area (Å²) in [5, 5.41) is 3.68. The second-order valence-corrected chi connectivity index (χ2v) is 9.37. The molecule has 1 aromatic carbocycles. The van der Waals surface area contributed by atoms with E-state index in [0.717, 1.165) is 31.6 Å². The average molecular weight is 447 g/mol. The SMILES string of the molecule is CCCN1CCC2(CC1)NC(=O)N(C1CCN(C(=O)CCc3ccc(Cl)cc3)C1)C2=O. The van der Waals surface area contributed by atoms with Crippen molar-refractivity contribution in [3.8, 4) is 0 Å². The lowest BCUT2D eigenvalue weighted by Gasteiger charge is -2.37. The van der Waals surface area contributed by atoms with Crippen LogP contribution in [-0.4, -0.2) is 76.8 Å². The van der Waals surface area contributed by atoms with Crippen molar-refractivity contribution >= 4 is 29.4 Å². The zero-order valence-electron chi connectivity index (χ0n) is 18.1. The van der Waals surface area contributed by atoms with Crippen molar-refractivity contribution in [1.29, 1.82) is 0 Å². The van der Waals surface area contributed by atoms with E-state index in [1.807, 2.05) is 24.3 Å². The van der Waals surface area contributed by atoms with Gasteiger partial charge in [0.05, 0.1) is 6.04 Å². The van der Waals surface area contributed by atoms with Gasteiger partial charge in [-0.05, 0) is 56.3 Å². The van der Waals surface area contributed by atoms with Crippen LogP contribution in [0.15, 0.2) is 24.3 Å². The molecule has 168 valence electrons. The molecule has 1 atom stereocenters. The molecule has 0 saturated carbocycles. The molecular formula is C23H31ClN4O3. The lowest BCUT2D eigenvalue weighted by molar-refractivity contribution is -0.135. The molecule has 8 heteroatoms. The largest absolute Gasteiger partial charge is 0.341 e. The molecule has 1 spiro atoms. The van der Waals surface area contributed by atoms with E-state index in [1.54, 1.807) is 4.90 Å². The van der Waals surface area contributed by atoms with Gasteiger partial charge in [0.15, 0.2) is 0 Å². The first kappa shape index (κ1) is 22.1. The highest BCUT2D eigenvalue weighted by atomic mass is 35.5. The van der Waals surface area contributed by atoms with Crippen LogP contribution >= 0.6 is 11.6 Å². The quantitative estimate of drug-likeness (QED) is 0.682. The summed E-state index contributed by atoms with van der Waals surface area (Å²) in [7, 11) is 0. The number of aryl methyl sites for hydroxylation is 1. The number of nitrogens with zero attached hydrogens (tertiary/aromatic N) is 3. The van der Waals surface area contributed by atoms with E-state index in [0.29, 0.717) is 50.2 Å². The standard InChI is InChI=1S/C23H31ClN4O3/c1-2-12-26-14-10-23(11-15-26)21(30)28(22(31)25-23)19-9-13-27(16-19)20(29)8-5-17-3-6-18(24)7-4-17/h3-4,6-7,19H,2,5,8-16H2,1H3,(H,25,31). The molecule has 7 nitrogen and oxygen atoms in total. The van der Waals surface area contributed by atoms with Gasteiger partial charge in [0.2, 0.25) is 5.91 Å². The van der Waals surface area contributed by atoms with Gasteiger partial charge in [-0.15, -0.1) is 0 Å². The van der Waals surface area contributed by atoms with E-state index in [4.69, 9.17) is 11.6 Å². The van der Waals surface area contributed by atoms with Crippen LogP contribution < -0.4 is 5.32 Å². The van der Waals surface area contributed by atoms with Gasteiger partial charge in [-0.3, -0.25) is 14.5 Å². The van der Waals surface area contributed by atoms with Gasteiger partial charge in [0, 0.05) is 37.6 Å². The minimum atomic E-state index is -0.757. The Balaban J connectivity index is 1.32. The molecule has 0 aromatic heterocycles. The highest BCUT2D eigenvalue weighted by Gasteiger charge is 2.54. The zero-order valence-corrected chi connectivity index (χ0v) is 18.9. The van der Waals surface area contributed by atoms with Crippen molar-refractivity contribution in [2.45, 2.75) is 57.0 Å². The minimum absolute atomic E-state index is 0.0621. The van der Waals surface area contributed by atoms with Gasteiger partial charge in [-0.25, -0.2) is 4.79 Å². The normalized spacial score (nSPS) is 23.6. The summed E-state index contributed by atoms with van der Waals surface area (Å²) in [6.07, 6.45) is 4.10. The van der Waals surface area contributed by atoms with Crippen molar-refractivity contribution in [2.75, 3.05) is 32.7 Å². The maximum absolute atomic E-state index is 13.3. The highest BCUT2D eigenvalue weighted by Crippen LogP contribution is 2.32. The molecule has 3 fully saturated rings. The second-order valence-electron chi connectivity index (χ2n) is 8.94. The Hall–Kier alpha value is -2.12. The van der Waals surface area contributed by atoms with Crippen molar-refractivity contribution in [1.82, 2.24) is 20.0 Å². The highest BCUT2D eigenvalue weighted by molar-refractivity contribution is 6.30. The number of amides is 4. The number of benzene rings is 1. The van der Waals surface area contributed by atoms with Crippen molar-refractivity contribution in [2.24, 2.45) is 0 Å². The van der Waals surface area contributed by atoms with Crippen LogP contribution in [0.2, 0.25) is 5.02 Å². The van der Waals surface area contributed by atoms with E-state index in [-0.39, 0.29) is 23.9 Å². The molecule has 1 aromatic rings. The monoisotopic (exact) mass is 446 g/mol. The van der Waals surface area contributed by atoms with Crippen LogP contribution in [0.1, 0.15) is 44.6 Å². The van der Waals surface area contributed by atoms with E-state index in [9.17, 15) is 14.4 Å². The number of hydrogen-bond donors (Lipinski definition) is 1. The van der Waals surface area contributed by atoms with Gasteiger partial charge in [-0.1, -0.05) is 30.7 Å². The number of carbonyl (C=O) groups excluding carboxylic acids is 3. The smallest absolute Gasteiger partial charge is 0.325 e. The third-order valence-corrected chi connectivity index (χ3v) is 7.12. The minimum Gasteiger partial charge on any atom is -0.341 e. The Morgan fingerprint density at radius 1 is 1.16 bits per heavy atom. The lowest BCUT2D eigenvalue weighted by Crippen LogP contribution is -2.55. The zero-order chi connectivity index (χ0) is 22.0. The fraction of sp³-hybridized carbons (Fsp3) is 0.609. The molecule has 31 heavy (non-hydrogen) atoms. The summed E-state index contributed by atoms with van der Waals surface area (Å²) in [4.78, 5) is 44.2. The van der Waals surface area contributed by atoms with Crippen LogP contribution in [0.5, 0.6) is 0 Å². The number of nitrogens with one attached hydrogen (secondary N) is 1. The molecule has 3 heterocycles. The topological polar surface area (TPSA) is 73.0 Å². The molecule has 3 aliphatic rings. The summed E-state index contributed by atoms with van der Waals surface area (Å²) in [5.41, 5.74) is 0.312. The molecule has 1 N–H and O–H groups in total. The number of piperidine rings is 1. The summed E-state index contributed by atoms with van der Waals surface area (Å²) >= 11 is 5.91. The molecular weight excluding hydrogens is 416 g/mol. The second kappa shape index (κ2) is 9.17. The molecule has 0 radical (unpaired) electrons. The number of imide groups is 1. The Morgan fingerprint density at radius 2 is 1.87 bits per heavy atom. The molecule has 0 aliphatic carbocycles. The van der Waals surface area contributed by atoms with Crippen LogP contribution in [0.25, 0.3) is 0 Å². The fourth-order valence-corrected chi connectivity index (χ4v) is 5.15. The molecule has 1 unspecified atom stereocenters. The van der Waals surface area contributed by atoms with Gasteiger partial charge in [0.1, 0.15) is 5.54 Å². The van der Waals surface area contributed by atoms with E-state index < -0.39 is 5.54 Å². The van der Waals surface area contributed by atoms with E-state index in [1.165, 1.54) is 4.90 Å². The number of carbonyl (C=O) groups is 3. The van der Waals surface area contributed by atoms with Crippen molar-refractivity contribution in [3.05, 3.63) is 34.9 Å². The predicted octanol–water partition coefficient (Wildman–Crippen LogP) is 2.67. The Bertz CT molecular complexity index is 836. The summed E-state index contributed by atoms with van der Waals surface area (Å²) in [5.74, 6) is -0.0406. The Kier molecular flexibility index (Phi) is 6.53. The van der Waals surface area contributed by atoms with Gasteiger partial charge < -0.3 is 15.1 Å². The molecule has 4 rings (SSSR count). The number of likely N-dealkylation sites (tertiary alicyclic amines) is 2. The lowest BCUT2D eigenvalue weighted by atomic mass is 9.87. The maximum Gasteiger partial charge on any atom is 0.325 e. The fourth-order valence-electron chi connectivity index (χ4n) is 5.03. The Labute approximate surface area is 188 Å². The van der Waals surface area contributed by atoms with Crippen molar-refractivity contribution < 1.29 is 14.4 Å². The molecule has 4 amide bonds. The van der Waals surface area contributed by atoms with Gasteiger partial charge >= 0.3 is 6.03 Å². The van der Waals surface area contributed by atoms with Gasteiger partial charge in [-0.2, -0.15) is 0 Å². The first-order chi connectivity index (χ1) is 14.9. The van der Waals surface area contributed by atoms with Crippen molar-refractivity contribution in [3.63, 3.8) is 0 Å². The Morgan fingerprint density at radius 3 is 2.55 bits per heavy atom. The first-order valence-corrected chi connectivity index (χ1v) is 11.7. The summed E-state index contributed by atoms with van der Waals surface area (Å²) in [6.45, 7) is 5.84. The van der Waals surface area contributed by atoms with E-state index >= 15 is 0 Å². The average Bonchev–Trinajstić information content (AvgIpc) is 3.32. The number of urea groups is 1. The van der Waals surface area contributed by atoms with E-state index in [2.05, 4.69) is 17.1 Å².